The van der Waals surface area contributed by atoms with Crippen LogP contribution in [0.4, 0.5) is 4.39 Å². The van der Waals surface area contributed by atoms with Gasteiger partial charge in [-0.15, -0.1) is 0 Å². The van der Waals surface area contributed by atoms with Crippen LogP contribution in [0.3, 0.4) is 0 Å². The van der Waals surface area contributed by atoms with Crippen molar-refractivity contribution >= 4 is 0 Å². The lowest BCUT2D eigenvalue weighted by Gasteiger charge is -2.26. The highest BCUT2D eigenvalue weighted by atomic mass is 19.1. The quantitative estimate of drug-likeness (QED) is 0.788. The van der Waals surface area contributed by atoms with E-state index in [4.69, 9.17) is 0 Å². The number of hydrogen-bond acceptors (Lipinski definition) is 2. The van der Waals surface area contributed by atoms with Crippen molar-refractivity contribution in [1.29, 1.82) is 0 Å². The summed E-state index contributed by atoms with van der Waals surface area (Å²) in [7, 11) is 0. The Labute approximate surface area is 92.9 Å². The summed E-state index contributed by atoms with van der Waals surface area (Å²) in [4.78, 5) is 4.11. The first-order valence-electron chi connectivity index (χ1n) is 5.34. The summed E-state index contributed by atoms with van der Waals surface area (Å²) in [5.41, 5.74) is 1.71. The van der Waals surface area contributed by atoms with Crippen molar-refractivity contribution in [2.24, 2.45) is 0 Å². The minimum atomic E-state index is -0.172. The molecule has 0 saturated carbocycles. The molecule has 1 N–H and O–H groups in total. The molecule has 16 heavy (non-hydrogen) atoms. The van der Waals surface area contributed by atoms with E-state index >= 15 is 0 Å². The van der Waals surface area contributed by atoms with Gasteiger partial charge in [-0.25, -0.2) is 9.37 Å². The zero-order valence-corrected chi connectivity index (χ0v) is 8.73. The average Bonchev–Trinajstić information content (AvgIpc) is 2.77. The summed E-state index contributed by atoms with van der Waals surface area (Å²) in [6.45, 7) is 1.72. The highest BCUT2D eigenvalue weighted by molar-refractivity contribution is 5.29. The van der Waals surface area contributed by atoms with Crippen molar-refractivity contribution in [2.75, 3.05) is 6.54 Å². The van der Waals surface area contributed by atoms with Crippen LogP contribution in [0.1, 0.15) is 17.3 Å². The van der Waals surface area contributed by atoms with Crippen LogP contribution >= 0.6 is 0 Å². The molecule has 1 aromatic heterocycles. The number of aromatic nitrogens is 2. The highest BCUT2D eigenvalue weighted by Gasteiger charge is 2.23. The van der Waals surface area contributed by atoms with Gasteiger partial charge in [0.05, 0.1) is 24.3 Å². The molecule has 3 rings (SSSR count). The van der Waals surface area contributed by atoms with E-state index in [0.717, 1.165) is 18.8 Å². The molecule has 0 bridgehead atoms. The largest absolute Gasteiger partial charge is 0.332 e. The Morgan fingerprint density at radius 1 is 1.38 bits per heavy atom. The molecule has 0 saturated heterocycles. The van der Waals surface area contributed by atoms with Crippen molar-refractivity contribution in [1.82, 2.24) is 14.9 Å². The Bertz CT molecular complexity index is 506. The maximum atomic E-state index is 13.7. The van der Waals surface area contributed by atoms with Crippen molar-refractivity contribution in [3.05, 3.63) is 53.9 Å². The van der Waals surface area contributed by atoms with E-state index in [1.165, 1.54) is 6.07 Å². The lowest BCUT2D eigenvalue weighted by Crippen LogP contribution is -2.33. The third kappa shape index (κ3) is 1.42. The monoisotopic (exact) mass is 217 g/mol. The molecule has 0 amide bonds. The van der Waals surface area contributed by atoms with Gasteiger partial charge >= 0.3 is 0 Å². The number of imidazole rings is 1. The number of nitrogens with one attached hydrogen (secondary N) is 1. The van der Waals surface area contributed by atoms with Crippen LogP contribution in [-0.2, 0) is 6.54 Å². The zero-order chi connectivity index (χ0) is 11.0. The Kier molecular flexibility index (Phi) is 2.22. The van der Waals surface area contributed by atoms with Gasteiger partial charge in [0.25, 0.3) is 0 Å². The maximum Gasteiger partial charge on any atom is 0.128 e. The molecule has 2 heterocycles. The van der Waals surface area contributed by atoms with E-state index in [0.29, 0.717) is 5.56 Å². The van der Waals surface area contributed by atoms with E-state index in [1.54, 1.807) is 18.6 Å². The van der Waals surface area contributed by atoms with Gasteiger partial charge in [-0.1, -0.05) is 18.2 Å². The smallest absolute Gasteiger partial charge is 0.128 e. The third-order valence-electron chi connectivity index (χ3n) is 2.96. The van der Waals surface area contributed by atoms with E-state index in [2.05, 4.69) is 14.9 Å². The molecule has 0 radical (unpaired) electrons. The average molecular weight is 217 g/mol. The third-order valence-corrected chi connectivity index (χ3v) is 2.96. The molecule has 1 atom stereocenters. The molecular formula is C12H12FN3. The fourth-order valence-corrected chi connectivity index (χ4v) is 2.17. The summed E-state index contributed by atoms with van der Waals surface area (Å²) in [6.07, 6.45) is 3.59. The van der Waals surface area contributed by atoms with E-state index < -0.39 is 0 Å². The van der Waals surface area contributed by atoms with Crippen LogP contribution in [0.25, 0.3) is 0 Å². The number of halogens is 1. The summed E-state index contributed by atoms with van der Waals surface area (Å²) in [5, 5.41) is 3.32. The minimum Gasteiger partial charge on any atom is -0.332 e. The number of benzene rings is 1. The Morgan fingerprint density at radius 2 is 2.25 bits per heavy atom. The predicted octanol–water partition coefficient (Wildman–Crippen LogP) is 1.71. The fourth-order valence-electron chi connectivity index (χ4n) is 2.17. The molecule has 0 aliphatic carbocycles. The van der Waals surface area contributed by atoms with Crippen LogP contribution in [0.5, 0.6) is 0 Å². The van der Waals surface area contributed by atoms with Crippen molar-refractivity contribution in [3.63, 3.8) is 0 Å². The topological polar surface area (TPSA) is 29.9 Å². The van der Waals surface area contributed by atoms with Crippen molar-refractivity contribution in [2.45, 2.75) is 12.6 Å². The first-order valence-corrected chi connectivity index (χ1v) is 5.34. The normalized spacial score (nSPS) is 19.4. The predicted molar refractivity (Wildman–Crippen MR) is 58.5 cm³/mol. The van der Waals surface area contributed by atoms with Crippen LogP contribution in [0.15, 0.2) is 36.8 Å². The van der Waals surface area contributed by atoms with E-state index in [1.807, 2.05) is 12.1 Å². The van der Waals surface area contributed by atoms with Crippen LogP contribution in [0, 0.1) is 5.82 Å². The molecule has 0 spiro atoms. The molecule has 4 heteroatoms. The molecule has 1 aliphatic heterocycles. The van der Waals surface area contributed by atoms with E-state index in [-0.39, 0.29) is 11.9 Å². The Morgan fingerprint density at radius 3 is 3.12 bits per heavy atom. The van der Waals surface area contributed by atoms with Gasteiger partial charge < -0.3 is 9.88 Å². The fraction of sp³-hybridized carbons (Fsp3) is 0.250. The second-order valence-electron chi connectivity index (χ2n) is 3.92. The summed E-state index contributed by atoms with van der Waals surface area (Å²) in [6, 6.07) is 6.79. The lowest BCUT2D eigenvalue weighted by atomic mass is 10.0. The SMILES string of the molecule is Fc1ccccc1C1NCCn2cncc21. The molecule has 2 aromatic rings. The van der Waals surface area contributed by atoms with Gasteiger partial charge in [0, 0.05) is 18.7 Å². The van der Waals surface area contributed by atoms with Crippen molar-refractivity contribution < 1.29 is 4.39 Å². The molecule has 82 valence electrons. The van der Waals surface area contributed by atoms with E-state index in [9.17, 15) is 4.39 Å². The Hall–Kier alpha value is -1.68. The first kappa shape index (κ1) is 9.54. The van der Waals surface area contributed by atoms with Gasteiger partial charge in [-0.3, -0.25) is 0 Å². The van der Waals surface area contributed by atoms with Gasteiger partial charge in [-0.05, 0) is 6.07 Å². The number of hydrogen-bond donors (Lipinski definition) is 1. The standard InChI is InChI=1S/C12H12FN3/c13-10-4-2-1-3-9(10)12-11-7-14-8-16(11)6-5-15-12/h1-4,7-8,12,15H,5-6H2. The van der Waals surface area contributed by atoms with Gasteiger partial charge in [-0.2, -0.15) is 0 Å². The summed E-state index contributed by atoms with van der Waals surface area (Å²) in [5.74, 6) is -0.172. The summed E-state index contributed by atoms with van der Waals surface area (Å²) >= 11 is 0. The van der Waals surface area contributed by atoms with Crippen LogP contribution in [0.2, 0.25) is 0 Å². The highest BCUT2D eigenvalue weighted by Crippen LogP contribution is 2.26. The van der Waals surface area contributed by atoms with Crippen molar-refractivity contribution in [3.8, 4) is 0 Å². The van der Waals surface area contributed by atoms with Gasteiger partial charge in [0.1, 0.15) is 5.82 Å². The maximum absolute atomic E-state index is 13.7. The first-order chi connectivity index (χ1) is 7.86. The zero-order valence-electron chi connectivity index (χ0n) is 8.73. The number of nitrogens with zero attached hydrogens (tertiary/aromatic N) is 2. The van der Waals surface area contributed by atoms with Gasteiger partial charge in [0.2, 0.25) is 0 Å². The minimum absolute atomic E-state index is 0.0857. The molecule has 3 nitrogen and oxygen atoms in total. The molecule has 0 fully saturated rings. The molecular weight excluding hydrogens is 205 g/mol. The molecule has 1 aliphatic rings. The Balaban J connectivity index is 2.08. The second kappa shape index (κ2) is 3.72. The second-order valence-corrected chi connectivity index (χ2v) is 3.92. The summed E-state index contributed by atoms with van der Waals surface area (Å²) < 4.78 is 15.8. The number of rotatable bonds is 1. The van der Waals surface area contributed by atoms with Gasteiger partial charge in [0.15, 0.2) is 0 Å². The van der Waals surface area contributed by atoms with Crippen LogP contribution in [-0.4, -0.2) is 16.1 Å². The van der Waals surface area contributed by atoms with Crippen LogP contribution < -0.4 is 5.32 Å². The lowest BCUT2D eigenvalue weighted by molar-refractivity contribution is 0.453. The molecule has 1 aromatic carbocycles. The number of fused-ring (bicyclic) bond motifs is 1. The molecule has 1 unspecified atom stereocenters.